The average Bonchev–Trinajstić information content (AvgIpc) is 2.89. The van der Waals surface area contributed by atoms with Gasteiger partial charge in [-0.05, 0) is 66.2 Å². The van der Waals surface area contributed by atoms with Crippen molar-refractivity contribution < 1.29 is 19.1 Å². The summed E-state index contributed by atoms with van der Waals surface area (Å²) in [6.07, 6.45) is 1.22. The van der Waals surface area contributed by atoms with E-state index in [0.29, 0.717) is 23.7 Å². The number of carbonyl (C=O) groups is 2. The number of hydrogen-bond donors (Lipinski definition) is 2. The first-order chi connectivity index (χ1) is 17.0. The summed E-state index contributed by atoms with van der Waals surface area (Å²) in [5, 5.41) is 2.74. The number of rotatable bonds is 9. The van der Waals surface area contributed by atoms with Gasteiger partial charge in [-0.2, -0.15) is 0 Å². The number of carbonyl (C=O) groups excluding carboxylic acids is 2. The molecule has 0 aliphatic rings. The molecule has 0 radical (unpaired) electrons. The van der Waals surface area contributed by atoms with Crippen molar-refractivity contribution in [1.29, 1.82) is 0 Å². The lowest BCUT2D eigenvalue weighted by atomic mass is 10.1. The summed E-state index contributed by atoms with van der Waals surface area (Å²) in [4.78, 5) is 28.0. The third-order valence-electron chi connectivity index (χ3n) is 5.02. The van der Waals surface area contributed by atoms with E-state index in [9.17, 15) is 9.59 Å². The van der Waals surface area contributed by atoms with Gasteiger partial charge in [-0.25, -0.2) is 4.98 Å². The molecule has 2 amide bonds. The lowest BCUT2D eigenvalue weighted by molar-refractivity contribution is -0.116. The standard InChI is InChI=1S/C28H23N3O4/c1-2-26(32)30-18-19-7-6-8-20(17-19)25-16-15-24(27(29)33)28(31-25)35-23-13-11-22(12-14-23)34-21-9-4-3-5-10-21/h2-17H,1,18H2,(H2,29,33)(H,30,32). The molecule has 0 aliphatic heterocycles. The Morgan fingerprint density at radius 2 is 1.54 bits per heavy atom. The van der Waals surface area contributed by atoms with Crippen LogP contribution in [0.5, 0.6) is 23.1 Å². The number of primary amides is 1. The van der Waals surface area contributed by atoms with Gasteiger partial charge in [0.05, 0.1) is 5.69 Å². The molecular weight excluding hydrogens is 442 g/mol. The number of nitrogens with one attached hydrogen (secondary N) is 1. The lowest BCUT2D eigenvalue weighted by Crippen LogP contribution is -2.19. The van der Waals surface area contributed by atoms with E-state index in [1.54, 1.807) is 36.4 Å². The van der Waals surface area contributed by atoms with E-state index >= 15 is 0 Å². The Bertz CT molecular complexity index is 1350. The second-order valence-corrected chi connectivity index (χ2v) is 7.52. The predicted octanol–water partition coefficient (Wildman–Crippen LogP) is 5.23. The van der Waals surface area contributed by atoms with E-state index in [2.05, 4.69) is 16.9 Å². The summed E-state index contributed by atoms with van der Waals surface area (Å²) < 4.78 is 11.7. The highest BCUT2D eigenvalue weighted by molar-refractivity contribution is 5.95. The van der Waals surface area contributed by atoms with Crippen molar-refractivity contribution in [2.24, 2.45) is 5.73 Å². The molecular formula is C28H23N3O4. The molecule has 0 fully saturated rings. The summed E-state index contributed by atoms with van der Waals surface area (Å²) in [6, 6.07) is 27.2. The minimum Gasteiger partial charge on any atom is -0.457 e. The Balaban J connectivity index is 1.55. The zero-order valence-electron chi connectivity index (χ0n) is 18.8. The van der Waals surface area contributed by atoms with Crippen LogP contribution in [0.15, 0.2) is 104 Å². The number of ether oxygens (including phenoxy) is 2. The second kappa shape index (κ2) is 10.8. The van der Waals surface area contributed by atoms with Crippen LogP contribution in [-0.4, -0.2) is 16.8 Å². The fraction of sp³-hybridized carbons (Fsp3) is 0.0357. The van der Waals surface area contributed by atoms with Gasteiger partial charge in [-0.3, -0.25) is 9.59 Å². The maximum atomic E-state index is 12.0. The molecule has 0 atom stereocenters. The first-order valence-electron chi connectivity index (χ1n) is 10.8. The SMILES string of the molecule is C=CC(=O)NCc1cccc(-c2ccc(C(N)=O)c(Oc3ccc(Oc4ccccc4)cc3)n2)c1. The summed E-state index contributed by atoms with van der Waals surface area (Å²) in [5.41, 5.74) is 7.97. The first-order valence-corrected chi connectivity index (χ1v) is 10.8. The Morgan fingerprint density at radius 3 is 2.23 bits per heavy atom. The van der Waals surface area contributed by atoms with Crippen LogP contribution in [0.3, 0.4) is 0 Å². The van der Waals surface area contributed by atoms with Gasteiger partial charge in [0.1, 0.15) is 22.8 Å². The van der Waals surface area contributed by atoms with E-state index < -0.39 is 5.91 Å². The minimum absolute atomic E-state index is 0.0945. The van der Waals surface area contributed by atoms with Gasteiger partial charge >= 0.3 is 0 Å². The molecule has 0 saturated heterocycles. The summed E-state index contributed by atoms with van der Waals surface area (Å²) in [5.74, 6) is 1.02. The molecule has 0 unspecified atom stereocenters. The first kappa shape index (κ1) is 23.3. The number of hydrogen-bond acceptors (Lipinski definition) is 5. The second-order valence-electron chi connectivity index (χ2n) is 7.52. The lowest BCUT2D eigenvalue weighted by Gasteiger charge is -2.12. The summed E-state index contributed by atoms with van der Waals surface area (Å²) >= 11 is 0. The van der Waals surface area contributed by atoms with Crippen LogP contribution in [0.25, 0.3) is 11.3 Å². The Labute approximate surface area is 202 Å². The fourth-order valence-corrected chi connectivity index (χ4v) is 3.28. The maximum Gasteiger partial charge on any atom is 0.254 e. The molecule has 3 aromatic carbocycles. The van der Waals surface area contributed by atoms with E-state index in [1.807, 2.05) is 54.6 Å². The van der Waals surface area contributed by atoms with Crippen LogP contribution < -0.4 is 20.5 Å². The molecule has 1 aromatic heterocycles. The number of aromatic nitrogens is 1. The molecule has 174 valence electrons. The van der Waals surface area contributed by atoms with Crippen molar-refractivity contribution in [3.05, 3.63) is 115 Å². The van der Waals surface area contributed by atoms with E-state index in [-0.39, 0.29) is 17.4 Å². The van der Waals surface area contributed by atoms with Gasteiger partial charge in [0.25, 0.3) is 5.91 Å². The van der Waals surface area contributed by atoms with Crippen molar-refractivity contribution in [2.45, 2.75) is 6.54 Å². The quantitative estimate of drug-likeness (QED) is 0.329. The molecule has 4 aromatic rings. The third-order valence-corrected chi connectivity index (χ3v) is 5.02. The van der Waals surface area contributed by atoms with Crippen molar-refractivity contribution in [2.75, 3.05) is 0 Å². The number of nitrogens with zero attached hydrogens (tertiary/aromatic N) is 1. The molecule has 7 heteroatoms. The van der Waals surface area contributed by atoms with E-state index in [1.165, 1.54) is 6.08 Å². The van der Waals surface area contributed by atoms with Gasteiger partial charge in [-0.15, -0.1) is 0 Å². The Hall–Kier alpha value is -4.91. The van der Waals surface area contributed by atoms with Crippen LogP contribution in [-0.2, 0) is 11.3 Å². The van der Waals surface area contributed by atoms with Crippen LogP contribution in [0, 0.1) is 0 Å². The van der Waals surface area contributed by atoms with Crippen molar-refractivity contribution in [1.82, 2.24) is 10.3 Å². The number of pyridine rings is 1. The topological polar surface area (TPSA) is 104 Å². The average molecular weight is 466 g/mol. The third kappa shape index (κ3) is 6.11. The zero-order valence-corrected chi connectivity index (χ0v) is 18.8. The molecule has 35 heavy (non-hydrogen) atoms. The molecule has 0 spiro atoms. The van der Waals surface area contributed by atoms with Crippen LogP contribution in [0.4, 0.5) is 0 Å². The molecule has 0 bridgehead atoms. The van der Waals surface area contributed by atoms with Gasteiger partial charge in [0, 0.05) is 12.1 Å². The molecule has 7 nitrogen and oxygen atoms in total. The molecule has 0 saturated carbocycles. The molecule has 0 aliphatic carbocycles. The zero-order chi connectivity index (χ0) is 24.6. The van der Waals surface area contributed by atoms with Crippen LogP contribution in [0.2, 0.25) is 0 Å². The fourth-order valence-electron chi connectivity index (χ4n) is 3.28. The van der Waals surface area contributed by atoms with Crippen molar-refractivity contribution >= 4 is 11.8 Å². The minimum atomic E-state index is -0.649. The summed E-state index contributed by atoms with van der Waals surface area (Å²) in [7, 11) is 0. The van der Waals surface area contributed by atoms with Crippen LogP contribution >= 0.6 is 0 Å². The van der Waals surface area contributed by atoms with E-state index in [4.69, 9.17) is 15.2 Å². The smallest absolute Gasteiger partial charge is 0.254 e. The summed E-state index contributed by atoms with van der Waals surface area (Å²) in [6.45, 7) is 3.79. The Morgan fingerprint density at radius 1 is 0.857 bits per heavy atom. The largest absolute Gasteiger partial charge is 0.457 e. The van der Waals surface area contributed by atoms with Gasteiger partial charge in [-0.1, -0.05) is 43.0 Å². The number of amides is 2. The predicted molar refractivity (Wildman–Crippen MR) is 133 cm³/mol. The molecule has 3 N–H and O–H groups in total. The Kier molecular flexibility index (Phi) is 7.18. The maximum absolute atomic E-state index is 12.0. The van der Waals surface area contributed by atoms with Crippen molar-refractivity contribution in [3.8, 4) is 34.4 Å². The highest BCUT2D eigenvalue weighted by atomic mass is 16.5. The highest BCUT2D eigenvalue weighted by Crippen LogP contribution is 2.30. The highest BCUT2D eigenvalue weighted by Gasteiger charge is 2.15. The van der Waals surface area contributed by atoms with Crippen molar-refractivity contribution in [3.63, 3.8) is 0 Å². The normalized spacial score (nSPS) is 10.3. The number of nitrogens with two attached hydrogens (primary N) is 1. The van der Waals surface area contributed by atoms with Gasteiger partial charge in [0.15, 0.2) is 0 Å². The van der Waals surface area contributed by atoms with E-state index in [0.717, 1.165) is 16.9 Å². The van der Waals surface area contributed by atoms with Gasteiger partial charge in [0.2, 0.25) is 11.8 Å². The van der Waals surface area contributed by atoms with Gasteiger partial charge < -0.3 is 20.5 Å². The molecule has 1 heterocycles. The molecule has 4 rings (SSSR count). The monoisotopic (exact) mass is 465 g/mol. The number of benzene rings is 3. The van der Waals surface area contributed by atoms with Crippen LogP contribution in [0.1, 0.15) is 15.9 Å². The number of para-hydroxylation sites is 1.